The van der Waals surface area contributed by atoms with Crippen LogP contribution in [0, 0.1) is 0 Å². The molecule has 120 valence electrons. The van der Waals surface area contributed by atoms with Crippen LogP contribution in [0.1, 0.15) is 5.56 Å². The third-order valence-electron chi connectivity index (χ3n) is 3.54. The molecular weight excluding hydrogens is 322 g/mol. The largest absolute Gasteiger partial charge is 0.356 e. The Morgan fingerprint density at radius 1 is 1.12 bits per heavy atom. The molecule has 1 N–H and O–H groups in total. The van der Waals surface area contributed by atoms with Gasteiger partial charge in [0.2, 0.25) is 5.91 Å². The Labute approximate surface area is 145 Å². The highest BCUT2D eigenvalue weighted by molar-refractivity contribution is 6.30. The Kier molecular flexibility index (Phi) is 4.77. The van der Waals surface area contributed by atoms with E-state index >= 15 is 0 Å². The summed E-state index contributed by atoms with van der Waals surface area (Å²) in [6.07, 6.45) is 5.15. The summed E-state index contributed by atoms with van der Waals surface area (Å²) in [6.45, 7) is 0. The van der Waals surface area contributed by atoms with E-state index in [0.717, 1.165) is 22.5 Å². The number of aromatic nitrogens is 2. The lowest BCUT2D eigenvalue weighted by molar-refractivity contribution is -0.115. The fourth-order valence-corrected chi connectivity index (χ4v) is 2.43. The fourth-order valence-electron chi connectivity index (χ4n) is 2.30. The molecule has 0 atom stereocenters. The molecule has 1 heterocycles. The lowest BCUT2D eigenvalue weighted by Gasteiger charge is -2.00. The lowest BCUT2D eigenvalue weighted by atomic mass is 10.1. The molecule has 0 spiro atoms. The normalized spacial score (nSPS) is 10.9. The average Bonchev–Trinajstić information content (AvgIpc) is 3.05. The molecule has 4 nitrogen and oxygen atoms in total. The number of nitrogens with one attached hydrogen (secondary N) is 1. The topological polar surface area (TPSA) is 46.9 Å². The first-order chi connectivity index (χ1) is 11.7. The van der Waals surface area contributed by atoms with Gasteiger partial charge in [0.1, 0.15) is 0 Å². The van der Waals surface area contributed by atoms with Crippen LogP contribution in [-0.4, -0.2) is 22.7 Å². The maximum atomic E-state index is 11.5. The molecule has 24 heavy (non-hydrogen) atoms. The number of amides is 1. The minimum absolute atomic E-state index is 0.162. The second kappa shape index (κ2) is 7.15. The van der Waals surface area contributed by atoms with Crippen molar-refractivity contribution in [2.75, 3.05) is 7.05 Å². The van der Waals surface area contributed by atoms with Crippen LogP contribution in [0.25, 0.3) is 23.0 Å². The minimum Gasteiger partial charge on any atom is -0.356 e. The molecule has 3 rings (SSSR count). The van der Waals surface area contributed by atoms with Gasteiger partial charge in [-0.3, -0.25) is 4.79 Å². The molecule has 3 aromatic rings. The molecule has 0 aliphatic heterocycles. The van der Waals surface area contributed by atoms with Crippen molar-refractivity contribution in [3.05, 3.63) is 77.5 Å². The number of carbonyl (C=O) groups excluding carboxylic acids is 1. The quantitative estimate of drug-likeness (QED) is 0.733. The standard InChI is InChI=1S/C19H16ClN3O/c1-21-18(24)12-9-15-13-23(17-5-3-2-4-6-17)22-19(15)14-7-10-16(20)11-8-14/h2-13H,1H3,(H,21,24). The Bertz CT molecular complexity index is 867. The summed E-state index contributed by atoms with van der Waals surface area (Å²) >= 11 is 5.97. The number of benzene rings is 2. The highest BCUT2D eigenvalue weighted by Crippen LogP contribution is 2.26. The zero-order valence-electron chi connectivity index (χ0n) is 13.1. The minimum atomic E-state index is -0.162. The van der Waals surface area contributed by atoms with Crippen LogP contribution >= 0.6 is 11.6 Å². The zero-order valence-corrected chi connectivity index (χ0v) is 13.9. The monoisotopic (exact) mass is 337 g/mol. The molecule has 0 aliphatic rings. The molecular formula is C19H16ClN3O. The van der Waals surface area contributed by atoms with Crippen LogP contribution in [0.15, 0.2) is 66.9 Å². The summed E-state index contributed by atoms with van der Waals surface area (Å²) in [7, 11) is 1.60. The highest BCUT2D eigenvalue weighted by Gasteiger charge is 2.10. The van der Waals surface area contributed by atoms with Gasteiger partial charge in [0.25, 0.3) is 0 Å². The lowest BCUT2D eigenvalue weighted by Crippen LogP contribution is -2.13. The smallest absolute Gasteiger partial charge is 0.243 e. The highest BCUT2D eigenvalue weighted by atomic mass is 35.5. The molecule has 0 fully saturated rings. The summed E-state index contributed by atoms with van der Waals surface area (Å²) < 4.78 is 1.80. The van der Waals surface area contributed by atoms with E-state index in [2.05, 4.69) is 10.4 Å². The van der Waals surface area contributed by atoms with Gasteiger partial charge in [-0.15, -0.1) is 0 Å². The molecule has 1 amide bonds. The Morgan fingerprint density at radius 3 is 2.50 bits per heavy atom. The number of hydrogen-bond acceptors (Lipinski definition) is 2. The summed E-state index contributed by atoms with van der Waals surface area (Å²) in [6, 6.07) is 17.3. The third-order valence-corrected chi connectivity index (χ3v) is 3.79. The Balaban J connectivity index is 2.07. The Morgan fingerprint density at radius 2 is 1.83 bits per heavy atom. The van der Waals surface area contributed by atoms with E-state index in [9.17, 15) is 4.79 Å². The van der Waals surface area contributed by atoms with Gasteiger partial charge in [0.05, 0.1) is 11.4 Å². The van der Waals surface area contributed by atoms with Crippen molar-refractivity contribution in [1.82, 2.24) is 15.1 Å². The maximum absolute atomic E-state index is 11.5. The number of likely N-dealkylation sites (N-methyl/N-ethyl adjacent to an activating group) is 1. The van der Waals surface area contributed by atoms with Gasteiger partial charge in [-0.1, -0.05) is 41.9 Å². The van der Waals surface area contributed by atoms with Crippen molar-refractivity contribution >= 4 is 23.6 Å². The molecule has 5 heteroatoms. The van der Waals surface area contributed by atoms with Crippen LogP contribution in [0.2, 0.25) is 5.02 Å². The van der Waals surface area contributed by atoms with Crippen LogP contribution in [0.3, 0.4) is 0 Å². The van der Waals surface area contributed by atoms with E-state index in [1.165, 1.54) is 6.08 Å². The predicted octanol–water partition coefficient (Wildman–Crippen LogP) is 3.95. The van der Waals surface area contributed by atoms with Gasteiger partial charge >= 0.3 is 0 Å². The molecule has 0 bridgehead atoms. The molecule has 0 radical (unpaired) electrons. The fraction of sp³-hybridized carbons (Fsp3) is 0.0526. The zero-order chi connectivity index (χ0) is 16.9. The van der Waals surface area contributed by atoms with Crippen molar-refractivity contribution in [3.8, 4) is 16.9 Å². The van der Waals surface area contributed by atoms with E-state index in [0.29, 0.717) is 5.02 Å². The van der Waals surface area contributed by atoms with Gasteiger partial charge in [-0.2, -0.15) is 5.10 Å². The number of hydrogen-bond donors (Lipinski definition) is 1. The third kappa shape index (κ3) is 3.55. The predicted molar refractivity (Wildman–Crippen MR) is 97.1 cm³/mol. The number of para-hydroxylation sites is 1. The SMILES string of the molecule is CNC(=O)C=Cc1cn(-c2ccccc2)nc1-c1ccc(Cl)cc1. The van der Waals surface area contributed by atoms with Gasteiger partial charge in [-0.05, 0) is 30.3 Å². The summed E-state index contributed by atoms with van der Waals surface area (Å²) in [5.74, 6) is -0.162. The second-order valence-electron chi connectivity index (χ2n) is 5.17. The van der Waals surface area contributed by atoms with Crippen LogP contribution in [-0.2, 0) is 4.79 Å². The second-order valence-corrected chi connectivity index (χ2v) is 5.60. The van der Waals surface area contributed by atoms with Crippen molar-refractivity contribution in [3.63, 3.8) is 0 Å². The van der Waals surface area contributed by atoms with Gasteiger partial charge < -0.3 is 5.32 Å². The average molecular weight is 338 g/mol. The van der Waals surface area contributed by atoms with E-state index in [-0.39, 0.29) is 5.91 Å². The summed E-state index contributed by atoms with van der Waals surface area (Å²) in [5, 5.41) is 7.91. The van der Waals surface area contributed by atoms with Crippen LogP contribution in [0.5, 0.6) is 0 Å². The first kappa shape index (κ1) is 16.0. The summed E-state index contributed by atoms with van der Waals surface area (Å²) in [5.41, 5.74) is 3.53. The first-order valence-corrected chi connectivity index (χ1v) is 7.86. The Hall–Kier alpha value is -2.85. The van der Waals surface area contributed by atoms with E-state index in [1.807, 2.05) is 60.8 Å². The number of rotatable bonds is 4. The molecule has 0 saturated carbocycles. The van der Waals surface area contributed by atoms with E-state index < -0.39 is 0 Å². The maximum Gasteiger partial charge on any atom is 0.243 e. The van der Waals surface area contributed by atoms with Gasteiger partial charge in [0.15, 0.2) is 0 Å². The van der Waals surface area contributed by atoms with Crippen molar-refractivity contribution in [2.24, 2.45) is 0 Å². The molecule has 0 unspecified atom stereocenters. The van der Waals surface area contributed by atoms with E-state index in [4.69, 9.17) is 11.6 Å². The molecule has 0 saturated heterocycles. The van der Waals surface area contributed by atoms with Crippen molar-refractivity contribution < 1.29 is 4.79 Å². The molecule has 2 aromatic carbocycles. The number of halogens is 1. The van der Waals surface area contributed by atoms with Crippen LogP contribution < -0.4 is 5.32 Å². The number of carbonyl (C=O) groups is 1. The van der Waals surface area contributed by atoms with Gasteiger partial charge in [0, 0.05) is 35.5 Å². The van der Waals surface area contributed by atoms with Crippen molar-refractivity contribution in [2.45, 2.75) is 0 Å². The summed E-state index contributed by atoms with van der Waals surface area (Å²) in [4.78, 5) is 11.5. The van der Waals surface area contributed by atoms with E-state index in [1.54, 1.807) is 17.8 Å². The first-order valence-electron chi connectivity index (χ1n) is 7.48. The molecule has 1 aromatic heterocycles. The van der Waals surface area contributed by atoms with Crippen LogP contribution in [0.4, 0.5) is 0 Å². The molecule has 0 aliphatic carbocycles. The number of nitrogens with zero attached hydrogens (tertiary/aromatic N) is 2. The van der Waals surface area contributed by atoms with Crippen molar-refractivity contribution in [1.29, 1.82) is 0 Å². The van der Waals surface area contributed by atoms with Gasteiger partial charge in [-0.25, -0.2) is 4.68 Å².